The molecule has 2 aromatic rings. The molecule has 1 heterocycles. The second-order valence-corrected chi connectivity index (χ2v) is 5.43. The molecule has 0 spiro atoms. The van der Waals surface area contributed by atoms with Crippen molar-refractivity contribution in [2.45, 2.75) is 0 Å². The molecule has 0 saturated carbocycles. The number of carbonyl (C=O) groups excluding carboxylic acids is 1. The number of rotatable bonds is 2. The number of nitrogens with zero attached hydrogens (tertiary/aromatic N) is 2. The minimum Gasteiger partial charge on any atom is -0.365 e. The highest BCUT2D eigenvalue weighted by Gasteiger charge is 2.22. The van der Waals surface area contributed by atoms with E-state index < -0.39 is 5.91 Å². The van der Waals surface area contributed by atoms with Crippen LogP contribution in [0.2, 0.25) is 15.5 Å². The Hall–Kier alpha value is -0.880. The lowest BCUT2D eigenvalue weighted by molar-refractivity contribution is 0.100. The van der Waals surface area contributed by atoms with Gasteiger partial charge in [0.2, 0.25) is 5.28 Å². The number of halogens is 4. The predicted octanol–water partition coefficient (Wildman–Crippen LogP) is 3.97. The minimum atomic E-state index is -0.761. The van der Waals surface area contributed by atoms with Gasteiger partial charge in [0.25, 0.3) is 5.91 Å². The first-order valence-corrected chi connectivity index (χ1v) is 6.81. The quantitative estimate of drug-likeness (QED) is 0.632. The van der Waals surface area contributed by atoms with Crippen molar-refractivity contribution in [1.82, 2.24) is 9.97 Å². The summed E-state index contributed by atoms with van der Waals surface area (Å²) in [6, 6.07) is 5.14. The fourth-order valence-corrected chi connectivity index (χ4v) is 2.94. The van der Waals surface area contributed by atoms with E-state index in [1.54, 1.807) is 18.2 Å². The van der Waals surface area contributed by atoms with Crippen molar-refractivity contribution < 1.29 is 4.79 Å². The summed E-state index contributed by atoms with van der Waals surface area (Å²) < 4.78 is 0.633. The summed E-state index contributed by atoms with van der Waals surface area (Å²) in [5.41, 5.74) is 5.94. The Morgan fingerprint density at radius 3 is 2.47 bits per heavy atom. The van der Waals surface area contributed by atoms with Crippen LogP contribution in [0.25, 0.3) is 11.3 Å². The molecule has 2 N–H and O–H groups in total. The summed E-state index contributed by atoms with van der Waals surface area (Å²) in [6.07, 6.45) is 0. The van der Waals surface area contributed by atoms with Crippen LogP contribution in [0.15, 0.2) is 22.7 Å². The molecule has 0 atom stereocenters. The van der Waals surface area contributed by atoms with Crippen LogP contribution in [0, 0.1) is 0 Å². The van der Waals surface area contributed by atoms with E-state index in [2.05, 4.69) is 25.9 Å². The molecule has 0 aliphatic rings. The fourth-order valence-electron chi connectivity index (χ4n) is 1.53. The molecule has 19 heavy (non-hydrogen) atoms. The molecule has 0 radical (unpaired) electrons. The van der Waals surface area contributed by atoms with Crippen LogP contribution in [0.5, 0.6) is 0 Å². The standard InChI is InChI=1S/C11H5BrCl3N3O/c12-4-2-1-3-5(13)6(4)8-7(10(16)19)9(14)18-11(15)17-8/h1-3H,(H2,16,19). The van der Waals surface area contributed by atoms with E-state index in [-0.39, 0.29) is 21.7 Å². The van der Waals surface area contributed by atoms with Gasteiger partial charge in [-0.25, -0.2) is 9.97 Å². The van der Waals surface area contributed by atoms with Crippen molar-refractivity contribution >= 4 is 56.6 Å². The van der Waals surface area contributed by atoms with Gasteiger partial charge < -0.3 is 5.73 Å². The smallest absolute Gasteiger partial charge is 0.254 e. The van der Waals surface area contributed by atoms with Gasteiger partial charge in [0, 0.05) is 10.0 Å². The van der Waals surface area contributed by atoms with Crippen molar-refractivity contribution in [3.63, 3.8) is 0 Å². The van der Waals surface area contributed by atoms with Crippen molar-refractivity contribution in [3.8, 4) is 11.3 Å². The summed E-state index contributed by atoms with van der Waals surface area (Å²) in [4.78, 5) is 19.2. The van der Waals surface area contributed by atoms with Crippen LogP contribution in [-0.2, 0) is 0 Å². The third-order valence-electron chi connectivity index (χ3n) is 2.28. The van der Waals surface area contributed by atoms with E-state index in [0.717, 1.165) is 0 Å². The SMILES string of the molecule is NC(=O)c1c(Cl)nc(Cl)nc1-c1c(Cl)cccc1Br. The number of primary amides is 1. The lowest BCUT2D eigenvalue weighted by Gasteiger charge is -2.11. The van der Waals surface area contributed by atoms with Gasteiger partial charge in [-0.15, -0.1) is 0 Å². The molecule has 0 aliphatic heterocycles. The predicted molar refractivity (Wildman–Crippen MR) is 78.7 cm³/mol. The highest BCUT2D eigenvalue weighted by Crippen LogP contribution is 2.37. The molecule has 1 aromatic carbocycles. The van der Waals surface area contributed by atoms with Crippen LogP contribution >= 0.6 is 50.7 Å². The maximum absolute atomic E-state index is 11.5. The Bertz CT molecular complexity index is 658. The summed E-state index contributed by atoms with van der Waals surface area (Å²) in [6.45, 7) is 0. The zero-order valence-corrected chi connectivity index (χ0v) is 13.0. The lowest BCUT2D eigenvalue weighted by atomic mass is 10.1. The first-order valence-electron chi connectivity index (χ1n) is 4.89. The lowest BCUT2D eigenvalue weighted by Crippen LogP contribution is -2.15. The Balaban J connectivity index is 2.85. The molecule has 0 saturated heterocycles. The van der Waals surface area contributed by atoms with Crippen LogP contribution in [0.1, 0.15) is 10.4 Å². The zero-order chi connectivity index (χ0) is 14.2. The van der Waals surface area contributed by atoms with Gasteiger partial charge in [0.05, 0.1) is 10.7 Å². The van der Waals surface area contributed by atoms with Crippen molar-refractivity contribution in [2.24, 2.45) is 5.73 Å². The van der Waals surface area contributed by atoms with E-state index in [1.165, 1.54) is 0 Å². The molecule has 1 amide bonds. The largest absolute Gasteiger partial charge is 0.365 e. The van der Waals surface area contributed by atoms with E-state index in [4.69, 9.17) is 40.5 Å². The van der Waals surface area contributed by atoms with Crippen molar-refractivity contribution in [3.05, 3.63) is 43.7 Å². The number of aromatic nitrogens is 2. The Morgan fingerprint density at radius 2 is 1.89 bits per heavy atom. The Kier molecular flexibility index (Phi) is 4.30. The average Bonchev–Trinajstić information content (AvgIpc) is 2.26. The maximum Gasteiger partial charge on any atom is 0.254 e. The highest BCUT2D eigenvalue weighted by molar-refractivity contribution is 9.10. The van der Waals surface area contributed by atoms with E-state index >= 15 is 0 Å². The minimum absolute atomic E-state index is 0.0279. The first-order chi connectivity index (χ1) is 8.91. The second-order valence-electron chi connectivity index (χ2n) is 3.47. The number of hydrogen-bond acceptors (Lipinski definition) is 3. The van der Waals surface area contributed by atoms with Gasteiger partial charge in [-0.1, -0.05) is 45.2 Å². The topological polar surface area (TPSA) is 68.9 Å². The Morgan fingerprint density at radius 1 is 1.21 bits per heavy atom. The molecular formula is C11H5BrCl3N3O. The number of amides is 1. The van der Waals surface area contributed by atoms with E-state index in [0.29, 0.717) is 15.1 Å². The molecule has 98 valence electrons. The fraction of sp³-hybridized carbons (Fsp3) is 0. The van der Waals surface area contributed by atoms with Gasteiger partial charge in [-0.3, -0.25) is 4.79 Å². The van der Waals surface area contributed by atoms with Gasteiger partial charge in [0.1, 0.15) is 10.7 Å². The molecule has 0 fully saturated rings. The molecule has 4 nitrogen and oxygen atoms in total. The average molecular weight is 381 g/mol. The van der Waals surface area contributed by atoms with E-state index in [9.17, 15) is 4.79 Å². The van der Waals surface area contributed by atoms with Crippen LogP contribution in [-0.4, -0.2) is 15.9 Å². The summed E-state index contributed by atoms with van der Waals surface area (Å²) in [7, 11) is 0. The molecule has 1 aromatic heterocycles. The van der Waals surface area contributed by atoms with Gasteiger partial charge >= 0.3 is 0 Å². The third-order valence-corrected chi connectivity index (χ3v) is 3.70. The van der Waals surface area contributed by atoms with Crippen molar-refractivity contribution in [2.75, 3.05) is 0 Å². The molecule has 0 bridgehead atoms. The molecule has 2 rings (SSSR count). The monoisotopic (exact) mass is 379 g/mol. The van der Waals surface area contributed by atoms with Crippen LogP contribution < -0.4 is 5.73 Å². The first kappa shape index (κ1) is 14.5. The zero-order valence-electron chi connectivity index (χ0n) is 9.12. The summed E-state index contributed by atoms with van der Waals surface area (Å²) >= 11 is 21.1. The normalized spacial score (nSPS) is 10.5. The maximum atomic E-state index is 11.5. The number of benzene rings is 1. The number of carbonyl (C=O) groups is 1. The third kappa shape index (κ3) is 2.84. The van der Waals surface area contributed by atoms with Crippen molar-refractivity contribution in [1.29, 1.82) is 0 Å². The molecule has 0 aliphatic carbocycles. The Labute approximate surface area is 132 Å². The van der Waals surface area contributed by atoms with Gasteiger partial charge in [-0.2, -0.15) is 0 Å². The van der Waals surface area contributed by atoms with Crippen LogP contribution in [0.3, 0.4) is 0 Å². The van der Waals surface area contributed by atoms with Gasteiger partial charge in [-0.05, 0) is 23.7 Å². The summed E-state index contributed by atoms with van der Waals surface area (Å²) in [5.74, 6) is -0.761. The van der Waals surface area contributed by atoms with Gasteiger partial charge in [0.15, 0.2) is 0 Å². The summed E-state index contributed by atoms with van der Waals surface area (Å²) in [5, 5.41) is 0.161. The molecule has 0 unspecified atom stereocenters. The number of nitrogens with two attached hydrogens (primary N) is 1. The van der Waals surface area contributed by atoms with Crippen LogP contribution in [0.4, 0.5) is 0 Å². The van der Waals surface area contributed by atoms with E-state index in [1.807, 2.05) is 0 Å². The molecular weight excluding hydrogens is 376 g/mol. The second kappa shape index (κ2) is 5.63. The highest BCUT2D eigenvalue weighted by atomic mass is 79.9. The molecule has 8 heteroatoms. The number of hydrogen-bond donors (Lipinski definition) is 1.